The lowest BCUT2D eigenvalue weighted by Gasteiger charge is -2.31. The third-order valence-electron chi connectivity index (χ3n) is 5.97. The van der Waals surface area contributed by atoms with Crippen LogP contribution in [0.25, 0.3) is 11.0 Å². The van der Waals surface area contributed by atoms with E-state index in [1.54, 1.807) is 11.3 Å². The largest absolute Gasteiger partial charge is 0.423 e. The summed E-state index contributed by atoms with van der Waals surface area (Å²) in [5.41, 5.74) is 1.60. The smallest absolute Gasteiger partial charge is 0.336 e. The van der Waals surface area contributed by atoms with E-state index in [4.69, 9.17) is 4.42 Å². The summed E-state index contributed by atoms with van der Waals surface area (Å²) in [6.07, 6.45) is 3.20. The highest BCUT2D eigenvalue weighted by Crippen LogP contribution is 2.42. The Hall–Kier alpha value is -2.93. The van der Waals surface area contributed by atoms with Gasteiger partial charge in [-0.25, -0.2) is 9.59 Å². The van der Waals surface area contributed by atoms with Gasteiger partial charge in [-0.15, -0.1) is 11.3 Å². The van der Waals surface area contributed by atoms with E-state index < -0.39 is 17.2 Å². The molecule has 2 aliphatic rings. The Bertz CT molecular complexity index is 1210. The van der Waals surface area contributed by atoms with Crippen LogP contribution in [0.1, 0.15) is 41.3 Å². The molecule has 1 saturated heterocycles. The molecule has 1 unspecified atom stereocenters. The van der Waals surface area contributed by atoms with E-state index in [2.05, 4.69) is 5.32 Å². The van der Waals surface area contributed by atoms with Crippen LogP contribution >= 0.6 is 11.3 Å². The van der Waals surface area contributed by atoms with Gasteiger partial charge in [0.2, 0.25) is 0 Å². The molecule has 1 aliphatic heterocycles. The Morgan fingerprint density at radius 2 is 2.07 bits per heavy atom. The second kappa shape index (κ2) is 6.56. The fourth-order valence-corrected chi connectivity index (χ4v) is 5.48. The molecule has 148 valence electrons. The predicted molar refractivity (Wildman–Crippen MR) is 110 cm³/mol. The molecule has 2 aromatic heterocycles. The van der Waals surface area contributed by atoms with E-state index in [9.17, 15) is 14.4 Å². The van der Waals surface area contributed by atoms with Gasteiger partial charge < -0.3 is 9.73 Å². The molecule has 3 heterocycles. The molecule has 29 heavy (non-hydrogen) atoms. The number of carbonyl (C=O) groups is 2. The summed E-state index contributed by atoms with van der Waals surface area (Å²) in [6, 6.07) is 8.60. The number of rotatable bonds is 3. The Morgan fingerprint density at radius 1 is 1.21 bits per heavy atom. The minimum Gasteiger partial charge on any atom is -0.423 e. The van der Waals surface area contributed by atoms with Gasteiger partial charge >= 0.3 is 11.7 Å². The van der Waals surface area contributed by atoms with Crippen molar-refractivity contribution < 1.29 is 14.0 Å². The number of hydrogen-bond acceptors (Lipinski definition) is 5. The molecule has 1 aromatic carbocycles. The lowest BCUT2D eigenvalue weighted by Crippen LogP contribution is -2.46. The van der Waals surface area contributed by atoms with Crippen molar-refractivity contribution in [2.45, 2.75) is 44.7 Å². The van der Waals surface area contributed by atoms with Crippen LogP contribution in [0.2, 0.25) is 0 Å². The molecule has 1 N–H and O–H groups in total. The van der Waals surface area contributed by atoms with Gasteiger partial charge in [0.05, 0.1) is 6.54 Å². The molecule has 3 amide bonds. The van der Waals surface area contributed by atoms with Crippen molar-refractivity contribution in [2.75, 3.05) is 0 Å². The van der Waals surface area contributed by atoms with Gasteiger partial charge in [0.25, 0.3) is 5.91 Å². The first-order valence-corrected chi connectivity index (χ1v) is 10.7. The molecule has 5 rings (SSSR count). The van der Waals surface area contributed by atoms with Crippen LogP contribution < -0.4 is 10.9 Å². The number of nitrogens with one attached hydrogen (secondary N) is 1. The van der Waals surface area contributed by atoms with Gasteiger partial charge in [0.1, 0.15) is 11.1 Å². The lowest BCUT2D eigenvalue weighted by atomic mass is 9.80. The molecular weight excluding hydrogens is 388 g/mol. The Balaban J connectivity index is 1.55. The number of hydrogen-bond donors (Lipinski definition) is 1. The molecule has 1 atom stereocenters. The second-order valence-corrected chi connectivity index (χ2v) is 8.61. The number of aryl methyl sites for hydroxylation is 2. The highest BCUT2D eigenvalue weighted by Gasteiger charge is 2.54. The highest BCUT2D eigenvalue weighted by molar-refractivity contribution is 7.10. The first kappa shape index (κ1) is 18.1. The maximum absolute atomic E-state index is 13.4. The highest BCUT2D eigenvalue weighted by atomic mass is 32.1. The van der Waals surface area contributed by atoms with E-state index in [0.717, 1.165) is 40.7 Å². The average Bonchev–Trinajstić information content (AvgIpc) is 3.28. The zero-order valence-corrected chi connectivity index (χ0v) is 16.8. The number of urea groups is 1. The summed E-state index contributed by atoms with van der Waals surface area (Å²) in [7, 11) is 0. The predicted octanol–water partition coefficient (Wildman–Crippen LogP) is 3.70. The fraction of sp³-hybridized carbons (Fsp3) is 0.318. The third kappa shape index (κ3) is 2.72. The van der Waals surface area contributed by atoms with E-state index >= 15 is 0 Å². The van der Waals surface area contributed by atoms with Crippen LogP contribution in [0.3, 0.4) is 0 Å². The summed E-state index contributed by atoms with van der Waals surface area (Å²) < 4.78 is 5.35. The molecule has 7 heteroatoms. The maximum atomic E-state index is 13.4. The number of nitrogens with zero attached hydrogens (tertiary/aromatic N) is 1. The summed E-state index contributed by atoms with van der Waals surface area (Å²) >= 11 is 1.63. The van der Waals surface area contributed by atoms with Crippen LogP contribution in [0.5, 0.6) is 0 Å². The average molecular weight is 408 g/mol. The van der Waals surface area contributed by atoms with Crippen molar-refractivity contribution >= 4 is 34.2 Å². The second-order valence-electron chi connectivity index (χ2n) is 7.61. The third-order valence-corrected chi connectivity index (χ3v) is 6.95. The van der Waals surface area contributed by atoms with Crippen LogP contribution in [-0.4, -0.2) is 16.8 Å². The summed E-state index contributed by atoms with van der Waals surface area (Å²) in [5.74, 6) is -0.242. The van der Waals surface area contributed by atoms with E-state index in [0.29, 0.717) is 17.6 Å². The first-order valence-electron chi connectivity index (χ1n) is 9.78. The molecular formula is C22H20N2O4S. The van der Waals surface area contributed by atoms with Crippen LogP contribution in [0, 0.1) is 0 Å². The van der Waals surface area contributed by atoms with Gasteiger partial charge in [0.15, 0.2) is 0 Å². The van der Waals surface area contributed by atoms with E-state index in [1.165, 1.54) is 11.0 Å². The number of amides is 3. The monoisotopic (exact) mass is 408 g/mol. The minimum absolute atomic E-state index is 0.0411. The van der Waals surface area contributed by atoms with Crippen molar-refractivity contribution in [3.05, 3.63) is 67.7 Å². The maximum Gasteiger partial charge on any atom is 0.336 e. The number of benzene rings is 1. The Labute approximate surface area is 171 Å². The van der Waals surface area contributed by atoms with Gasteiger partial charge in [0, 0.05) is 21.9 Å². The van der Waals surface area contributed by atoms with Crippen molar-refractivity contribution in [2.24, 2.45) is 0 Å². The van der Waals surface area contributed by atoms with Crippen LogP contribution in [-0.2, 0) is 29.7 Å². The molecule has 1 fully saturated rings. The van der Waals surface area contributed by atoms with Crippen molar-refractivity contribution in [3.63, 3.8) is 0 Å². The minimum atomic E-state index is -0.977. The van der Waals surface area contributed by atoms with Crippen molar-refractivity contribution in [3.8, 4) is 0 Å². The van der Waals surface area contributed by atoms with Crippen LogP contribution in [0.4, 0.5) is 4.79 Å². The summed E-state index contributed by atoms with van der Waals surface area (Å²) in [4.78, 5) is 40.7. The standard InChI is InChI=1S/C22H20N2O4S/c1-2-13-5-6-15-14(11-19(25)28-17(15)10-13)12-24-20(26)22(23-21(24)27)8-3-4-18-16(22)7-9-29-18/h5-7,9-11H,2-4,8,12H2,1H3,(H,23,27). The number of carbonyl (C=O) groups excluding carboxylic acids is 2. The first-order chi connectivity index (χ1) is 14.0. The zero-order chi connectivity index (χ0) is 20.2. The quantitative estimate of drug-likeness (QED) is 0.529. The van der Waals surface area contributed by atoms with Gasteiger partial charge in [-0.2, -0.15) is 0 Å². The summed E-state index contributed by atoms with van der Waals surface area (Å²) in [5, 5.41) is 5.67. The molecule has 1 spiro atoms. The normalized spacial score (nSPS) is 21.1. The van der Waals surface area contributed by atoms with E-state index in [1.807, 2.05) is 36.6 Å². The molecule has 0 bridgehead atoms. The lowest BCUT2D eigenvalue weighted by molar-refractivity contribution is -0.132. The number of fused-ring (bicyclic) bond motifs is 3. The topological polar surface area (TPSA) is 79.6 Å². The molecule has 0 radical (unpaired) electrons. The van der Waals surface area contributed by atoms with Crippen LogP contribution in [0.15, 0.2) is 44.9 Å². The van der Waals surface area contributed by atoms with Gasteiger partial charge in [-0.3, -0.25) is 9.69 Å². The zero-order valence-electron chi connectivity index (χ0n) is 16.0. The van der Waals surface area contributed by atoms with E-state index in [-0.39, 0.29) is 12.5 Å². The van der Waals surface area contributed by atoms with Crippen molar-refractivity contribution in [1.29, 1.82) is 0 Å². The number of imide groups is 1. The molecule has 0 saturated carbocycles. The number of thiophene rings is 1. The molecule has 1 aliphatic carbocycles. The Morgan fingerprint density at radius 3 is 2.90 bits per heavy atom. The molecule has 3 aromatic rings. The Kier molecular flexibility index (Phi) is 4.10. The SMILES string of the molecule is CCc1ccc2c(CN3C(=O)NC4(CCCc5sccc54)C3=O)cc(=O)oc2c1. The summed E-state index contributed by atoms with van der Waals surface area (Å²) in [6.45, 7) is 2.07. The van der Waals surface area contributed by atoms with Gasteiger partial charge in [-0.1, -0.05) is 19.1 Å². The fourth-order valence-electron chi connectivity index (χ4n) is 4.48. The molecule has 6 nitrogen and oxygen atoms in total. The van der Waals surface area contributed by atoms with Crippen molar-refractivity contribution in [1.82, 2.24) is 10.2 Å². The van der Waals surface area contributed by atoms with Gasteiger partial charge in [-0.05, 0) is 54.3 Å².